The van der Waals surface area contributed by atoms with Crippen LogP contribution < -0.4 is 10.2 Å². The normalized spacial score (nSPS) is 15.4. The lowest BCUT2D eigenvalue weighted by molar-refractivity contribution is -0.384. The third kappa shape index (κ3) is 4.92. The van der Waals surface area contributed by atoms with E-state index in [-0.39, 0.29) is 17.6 Å². The van der Waals surface area contributed by atoms with Gasteiger partial charge in [-0.25, -0.2) is 0 Å². The van der Waals surface area contributed by atoms with Crippen molar-refractivity contribution in [3.63, 3.8) is 0 Å². The molecule has 8 nitrogen and oxygen atoms in total. The molecule has 0 radical (unpaired) electrons. The van der Waals surface area contributed by atoms with Gasteiger partial charge in [0.1, 0.15) is 5.76 Å². The fourth-order valence-electron chi connectivity index (χ4n) is 3.85. The van der Waals surface area contributed by atoms with Crippen molar-refractivity contribution < 1.29 is 14.1 Å². The van der Waals surface area contributed by atoms with Crippen LogP contribution in [-0.2, 0) is 0 Å². The molecular weight excluding hydrogens is 396 g/mol. The predicted molar refractivity (Wildman–Crippen MR) is 117 cm³/mol. The maximum Gasteiger partial charge on any atom is 0.269 e. The lowest BCUT2D eigenvalue weighted by Gasteiger charge is -2.39. The first-order valence-electron chi connectivity index (χ1n) is 10.2. The summed E-state index contributed by atoms with van der Waals surface area (Å²) in [6, 6.07) is 19.6. The van der Waals surface area contributed by atoms with E-state index < -0.39 is 4.92 Å². The molecule has 1 aliphatic rings. The van der Waals surface area contributed by atoms with Crippen LogP contribution in [0.3, 0.4) is 0 Å². The van der Waals surface area contributed by atoms with Gasteiger partial charge in [-0.1, -0.05) is 18.2 Å². The summed E-state index contributed by atoms with van der Waals surface area (Å²) in [5.74, 6) is 0.534. The van der Waals surface area contributed by atoms with Crippen LogP contribution in [0.1, 0.15) is 22.2 Å². The number of furan rings is 1. The van der Waals surface area contributed by atoms with E-state index in [0.717, 1.165) is 31.9 Å². The van der Waals surface area contributed by atoms with Crippen LogP contribution in [0, 0.1) is 10.1 Å². The zero-order chi connectivity index (χ0) is 21.6. The molecule has 0 spiro atoms. The summed E-state index contributed by atoms with van der Waals surface area (Å²) >= 11 is 0. The SMILES string of the molecule is O=C(NC[C@@H](c1ccco1)N1CCN(c2ccccc2)CC1)c1ccc([N+](=O)[O-])cc1. The van der Waals surface area contributed by atoms with Gasteiger partial charge in [-0.2, -0.15) is 0 Å². The minimum atomic E-state index is -0.482. The number of nitro benzene ring substituents is 1. The Hall–Kier alpha value is -3.65. The van der Waals surface area contributed by atoms with Crippen molar-refractivity contribution in [1.82, 2.24) is 10.2 Å². The van der Waals surface area contributed by atoms with Crippen molar-refractivity contribution in [3.05, 3.63) is 94.4 Å². The number of para-hydroxylation sites is 1. The number of hydrogen-bond donors (Lipinski definition) is 1. The number of rotatable bonds is 7. The number of non-ortho nitro benzene ring substituents is 1. The van der Waals surface area contributed by atoms with E-state index in [1.54, 1.807) is 6.26 Å². The third-order valence-corrected chi connectivity index (χ3v) is 5.54. The van der Waals surface area contributed by atoms with Gasteiger partial charge in [0.2, 0.25) is 0 Å². The van der Waals surface area contributed by atoms with Crippen molar-refractivity contribution in [2.75, 3.05) is 37.6 Å². The Morgan fingerprint density at radius 1 is 1.00 bits per heavy atom. The van der Waals surface area contributed by atoms with Crippen molar-refractivity contribution in [2.24, 2.45) is 0 Å². The fourth-order valence-corrected chi connectivity index (χ4v) is 3.85. The maximum atomic E-state index is 12.6. The van der Waals surface area contributed by atoms with Gasteiger partial charge in [0.25, 0.3) is 11.6 Å². The molecule has 0 saturated carbocycles. The number of piperazine rings is 1. The standard InChI is InChI=1S/C23H24N4O4/c28-23(18-8-10-20(11-9-18)27(29)30)24-17-21(22-7-4-16-31-22)26-14-12-25(13-15-26)19-5-2-1-3-6-19/h1-11,16,21H,12-15,17H2,(H,24,28)/t21-/m0/s1. The summed E-state index contributed by atoms with van der Waals surface area (Å²) in [7, 11) is 0. The Bertz CT molecular complexity index is 998. The molecule has 1 fully saturated rings. The summed E-state index contributed by atoms with van der Waals surface area (Å²) in [6.07, 6.45) is 1.64. The van der Waals surface area contributed by atoms with Gasteiger partial charge in [-0.05, 0) is 36.4 Å². The molecule has 1 saturated heterocycles. The topological polar surface area (TPSA) is 91.9 Å². The molecule has 4 rings (SSSR count). The van der Waals surface area contributed by atoms with E-state index in [1.165, 1.54) is 30.0 Å². The first-order valence-corrected chi connectivity index (χ1v) is 10.2. The van der Waals surface area contributed by atoms with E-state index >= 15 is 0 Å². The Labute approximate surface area is 180 Å². The molecule has 8 heteroatoms. The highest BCUT2D eigenvalue weighted by molar-refractivity contribution is 5.94. The summed E-state index contributed by atoms with van der Waals surface area (Å²) in [6.45, 7) is 3.84. The number of hydrogen-bond acceptors (Lipinski definition) is 6. The second-order valence-electron chi connectivity index (χ2n) is 7.40. The highest BCUT2D eigenvalue weighted by Gasteiger charge is 2.27. The molecule has 1 aliphatic heterocycles. The Kier molecular flexibility index (Phi) is 6.28. The van der Waals surface area contributed by atoms with Crippen LogP contribution in [0.4, 0.5) is 11.4 Å². The largest absolute Gasteiger partial charge is 0.468 e. The molecular formula is C23H24N4O4. The van der Waals surface area contributed by atoms with E-state index in [4.69, 9.17) is 4.42 Å². The summed E-state index contributed by atoms with van der Waals surface area (Å²) < 4.78 is 5.66. The number of nitrogens with zero attached hydrogens (tertiary/aromatic N) is 3. The zero-order valence-corrected chi connectivity index (χ0v) is 17.0. The van der Waals surface area contributed by atoms with Gasteiger partial charge in [0.05, 0.1) is 17.2 Å². The maximum absolute atomic E-state index is 12.6. The Morgan fingerprint density at radius 2 is 1.71 bits per heavy atom. The summed E-state index contributed by atoms with van der Waals surface area (Å²) in [5.41, 5.74) is 1.56. The number of carbonyl (C=O) groups excluding carboxylic acids is 1. The van der Waals surface area contributed by atoms with Crippen molar-refractivity contribution in [1.29, 1.82) is 0 Å². The summed E-state index contributed by atoms with van der Waals surface area (Å²) in [4.78, 5) is 27.6. The highest BCUT2D eigenvalue weighted by atomic mass is 16.6. The number of carbonyl (C=O) groups is 1. The Balaban J connectivity index is 1.40. The smallest absolute Gasteiger partial charge is 0.269 e. The minimum Gasteiger partial charge on any atom is -0.468 e. The fraction of sp³-hybridized carbons (Fsp3) is 0.261. The first-order chi connectivity index (χ1) is 15.1. The van der Waals surface area contributed by atoms with Gasteiger partial charge in [0.15, 0.2) is 0 Å². The van der Waals surface area contributed by atoms with Gasteiger partial charge < -0.3 is 14.6 Å². The molecule has 1 amide bonds. The molecule has 1 N–H and O–H groups in total. The van der Waals surface area contributed by atoms with E-state index in [2.05, 4.69) is 27.2 Å². The molecule has 2 heterocycles. The second kappa shape index (κ2) is 9.44. The monoisotopic (exact) mass is 420 g/mol. The number of anilines is 1. The van der Waals surface area contributed by atoms with Gasteiger partial charge in [0, 0.05) is 56.1 Å². The van der Waals surface area contributed by atoms with Crippen LogP contribution in [0.5, 0.6) is 0 Å². The van der Waals surface area contributed by atoms with Crippen molar-refractivity contribution in [2.45, 2.75) is 6.04 Å². The molecule has 160 valence electrons. The first kappa shape index (κ1) is 20.6. The molecule has 2 aromatic carbocycles. The van der Waals surface area contributed by atoms with Crippen LogP contribution in [0.2, 0.25) is 0 Å². The average molecular weight is 420 g/mol. The second-order valence-corrected chi connectivity index (χ2v) is 7.40. The van der Waals surface area contributed by atoms with Gasteiger partial charge in [-0.15, -0.1) is 0 Å². The van der Waals surface area contributed by atoms with Crippen LogP contribution >= 0.6 is 0 Å². The lowest BCUT2D eigenvalue weighted by atomic mass is 10.1. The molecule has 0 bridgehead atoms. The average Bonchev–Trinajstić information content (AvgIpc) is 3.35. The van der Waals surface area contributed by atoms with E-state index in [9.17, 15) is 14.9 Å². The highest BCUT2D eigenvalue weighted by Crippen LogP contribution is 2.24. The van der Waals surface area contributed by atoms with Crippen molar-refractivity contribution in [3.8, 4) is 0 Å². The molecule has 0 unspecified atom stereocenters. The van der Waals surface area contributed by atoms with E-state index in [0.29, 0.717) is 12.1 Å². The third-order valence-electron chi connectivity index (χ3n) is 5.54. The van der Waals surface area contributed by atoms with Crippen LogP contribution in [-0.4, -0.2) is 48.5 Å². The molecule has 1 aromatic heterocycles. The number of nitro groups is 1. The lowest BCUT2D eigenvalue weighted by Crippen LogP contribution is -2.49. The number of benzene rings is 2. The molecule has 3 aromatic rings. The predicted octanol–water partition coefficient (Wildman–Crippen LogP) is 3.48. The molecule has 0 aliphatic carbocycles. The van der Waals surface area contributed by atoms with Gasteiger partial charge in [-0.3, -0.25) is 19.8 Å². The van der Waals surface area contributed by atoms with Crippen molar-refractivity contribution >= 4 is 17.3 Å². The minimum absolute atomic E-state index is 0.0405. The molecule has 1 atom stereocenters. The van der Waals surface area contributed by atoms with Crippen LogP contribution in [0.15, 0.2) is 77.4 Å². The Morgan fingerprint density at radius 3 is 2.32 bits per heavy atom. The quantitative estimate of drug-likeness (QED) is 0.465. The zero-order valence-electron chi connectivity index (χ0n) is 17.0. The number of amides is 1. The summed E-state index contributed by atoms with van der Waals surface area (Å²) in [5, 5.41) is 13.8. The van der Waals surface area contributed by atoms with Crippen LogP contribution in [0.25, 0.3) is 0 Å². The number of nitrogens with one attached hydrogen (secondary N) is 1. The van der Waals surface area contributed by atoms with Gasteiger partial charge >= 0.3 is 0 Å². The molecule has 31 heavy (non-hydrogen) atoms. The van der Waals surface area contributed by atoms with E-state index in [1.807, 2.05) is 30.3 Å².